The predicted molar refractivity (Wildman–Crippen MR) is 89.2 cm³/mol. The van der Waals surface area contributed by atoms with Crippen LogP contribution in [0.5, 0.6) is 5.75 Å². The minimum atomic E-state index is -0.456. The lowest BCUT2D eigenvalue weighted by molar-refractivity contribution is -0.384. The smallest absolute Gasteiger partial charge is 0.271 e. The molecule has 0 bridgehead atoms. The van der Waals surface area contributed by atoms with E-state index < -0.39 is 4.92 Å². The number of carbonyl (C=O) groups excluding carboxylic acids is 1. The quantitative estimate of drug-likeness (QED) is 0.606. The molecule has 0 fully saturated rings. The Bertz CT molecular complexity index is 807. The maximum atomic E-state index is 12.9. The Hall–Kier alpha value is -2.41. The SMILES string of the molecule is COc1ccc(Br)c(C(=O)N2CCc3ccc([N+](=O)[O-])cc32)c1. The largest absolute Gasteiger partial charge is 0.497 e. The van der Waals surface area contributed by atoms with Crippen molar-refractivity contribution in [2.75, 3.05) is 18.6 Å². The number of halogens is 1. The maximum Gasteiger partial charge on any atom is 0.271 e. The van der Waals surface area contributed by atoms with Gasteiger partial charge in [-0.25, -0.2) is 0 Å². The number of non-ortho nitro benzene ring substituents is 1. The average molecular weight is 377 g/mol. The van der Waals surface area contributed by atoms with Crippen LogP contribution >= 0.6 is 15.9 Å². The second kappa shape index (κ2) is 6.00. The van der Waals surface area contributed by atoms with E-state index in [1.165, 1.54) is 19.2 Å². The summed E-state index contributed by atoms with van der Waals surface area (Å²) in [5, 5.41) is 11.0. The fraction of sp³-hybridized carbons (Fsp3) is 0.188. The van der Waals surface area contributed by atoms with Crippen molar-refractivity contribution in [1.82, 2.24) is 0 Å². The van der Waals surface area contributed by atoms with Gasteiger partial charge in [0.2, 0.25) is 0 Å². The second-order valence-corrected chi connectivity index (χ2v) is 5.98. The minimum absolute atomic E-state index is 0.0202. The summed E-state index contributed by atoms with van der Waals surface area (Å²) in [4.78, 5) is 24.9. The first kappa shape index (κ1) is 15.5. The third-order valence-electron chi connectivity index (χ3n) is 3.82. The van der Waals surface area contributed by atoms with E-state index in [9.17, 15) is 14.9 Å². The molecule has 3 rings (SSSR count). The molecular weight excluding hydrogens is 364 g/mol. The molecule has 1 amide bonds. The van der Waals surface area contributed by atoms with Crippen molar-refractivity contribution in [3.63, 3.8) is 0 Å². The van der Waals surface area contributed by atoms with Crippen LogP contribution in [0.4, 0.5) is 11.4 Å². The molecule has 0 saturated heterocycles. The zero-order valence-corrected chi connectivity index (χ0v) is 13.9. The van der Waals surface area contributed by atoms with Crippen molar-refractivity contribution < 1.29 is 14.5 Å². The monoisotopic (exact) mass is 376 g/mol. The van der Waals surface area contributed by atoms with Gasteiger partial charge in [-0.2, -0.15) is 0 Å². The van der Waals surface area contributed by atoms with Gasteiger partial charge in [0.1, 0.15) is 5.75 Å². The molecule has 2 aromatic rings. The molecule has 2 aromatic carbocycles. The number of nitro groups is 1. The highest BCUT2D eigenvalue weighted by atomic mass is 79.9. The number of fused-ring (bicyclic) bond motifs is 1. The van der Waals surface area contributed by atoms with Gasteiger partial charge >= 0.3 is 0 Å². The Labute approximate surface area is 140 Å². The van der Waals surface area contributed by atoms with E-state index in [0.29, 0.717) is 34.4 Å². The van der Waals surface area contributed by atoms with Crippen LogP contribution in [0.2, 0.25) is 0 Å². The predicted octanol–water partition coefficient (Wildman–Crippen LogP) is 3.57. The summed E-state index contributed by atoms with van der Waals surface area (Å²) in [6.07, 6.45) is 0.681. The molecule has 0 atom stereocenters. The molecule has 1 heterocycles. The topological polar surface area (TPSA) is 72.7 Å². The van der Waals surface area contributed by atoms with E-state index >= 15 is 0 Å². The van der Waals surface area contributed by atoms with Gasteiger partial charge in [-0.15, -0.1) is 0 Å². The molecular formula is C16H13BrN2O4. The van der Waals surface area contributed by atoms with Crippen LogP contribution < -0.4 is 9.64 Å². The lowest BCUT2D eigenvalue weighted by Crippen LogP contribution is -2.29. The molecule has 6 nitrogen and oxygen atoms in total. The third kappa shape index (κ3) is 2.79. The number of anilines is 1. The number of ether oxygens (including phenoxy) is 1. The first-order valence-electron chi connectivity index (χ1n) is 6.94. The molecule has 1 aliphatic heterocycles. The number of carbonyl (C=O) groups is 1. The molecule has 0 spiro atoms. The third-order valence-corrected chi connectivity index (χ3v) is 4.52. The standard InChI is InChI=1S/C16H13BrN2O4/c1-23-12-4-5-14(17)13(9-12)16(20)18-7-6-10-2-3-11(19(21)22)8-15(10)18/h2-5,8-9H,6-7H2,1H3. The highest BCUT2D eigenvalue weighted by Gasteiger charge is 2.28. The number of hydrogen-bond acceptors (Lipinski definition) is 4. The summed E-state index contributed by atoms with van der Waals surface area (Å²) in [7, 11) is 1.53. The lowest BCUT2D eigenvalue weighted by atomic mass is 10.1. The first-order chi connectivity index (χ1) is 11.0. The second-order valence-electron chi connectivity index (χ2n) is 5.12. The van der Waals surface area contributed by atoms with E-state index in [0.717, 1.165) is 5.56 Å². The fourth-order valence-electron chi connectivity index (χ4n) is 2.63. The summed E-state index contributed by atoms with van der Waals surface area (Å²) in [5.74, 6) is 0.366. The van der Waals surface area contributed by atoms with Gasteiger partial charge in [0.15, 0.2) is 0 Å². The molecule has 7 heteroatoms. The molecule has 0 unspecified atom stereocenters. The van der Waals surface area contributed by atoms with Crippen LogP contribution in [0.1, 0.15) is 15.9 Å². The van der Waals surface area contributed by atoms with Gasteiger partial charge in [0.05, 0.1) is 23.3 Å². The molecule has 1 aliphatic rings. The summed E-state index contributed by atoms with van der Waals surface area (Å²) in [5.41, 5.74) is 1.97. The van der Waals surface area contributed by atoms with Crippen LogP contribution in [0.25, 0.3) is 0 Å². The van der Waals surface area contributed by atoms with E-state index in [1.807, 2.05) is 0 Å². The Morgan fingerprint density at radius 2 is 2.09 bits per heavy atom. The number of hydrogen-bond donors (Lipinski definition) is 0. The summed E-state index contributed by atoms with van der Waals surface area (Å²) >= 11 is 3.37. The molecule has 0 N–H and O–H groups in total. The van der Waals surface area contributed by atoms with Crippen LogP contribution in [-0.4, -0.2) is 24.5 Å². The summed E-state index contributed by atoms with van der Waals surface area (Å²) in [6.45, 7) is 0.499. The van der Waals surface area contributed by atoms with Gasteiger partial charge in [0, 0.05) is 23.2 Å². The number of rotatable bonds is 3. The van der Waals surface area contributed by atoms with Crippen molar-refractivity contribution in [2.45, 2.75) is 6.42 Å². The van der Waals surface area contributed by atoms with Crippen molar-refractivity contribution in [1.29, 1.82) is 0 Å². The molecule has 0 radical (unpaired) electrons. The number of benzene rings is 2. The maximum absolute atomic E-state index is 12.9. The number of nitro benzene ring substituents is 1. The van der Waals surface area contributed by atoms with Gasteiger partial charge < -0.3 is 9.64 Å². The van der Waals surface area contributed by atoms with Gasteiger partial charge in [-0.3, -0.25) is 14.9 Å². The normalized spacial score (nSPS) is 12.9. The zero-order valence-electron chi connectivity index (χ0n) is 12.3. The Kier molecular flexibility index (Phi) is 4.04. The van der Waals surface area contributed by atoms with Crippen molar-refractivity contribution >= 4 is 33.2 Å². The Morgan fingerprint density at radius 1 is 1.30 bits per heavy atom. The van der Waals surface area contributed by atoms with Gasteiger partial charge in [-0.1, -0.05) is 6.07 Å². The Balaban J connectivity index is 2.00. The van der Waals surface area contributed by atoms with Crippen molar-refractivity contribution in [3.8, 4) is 5.75 Å². The molecule has 0 saturated carbocycles. The van der Waals surface area contributed by atoms with Gasteiger partial charge in [-0.05, 0) is 46.1 Å². The molecule has 23 heavy (non-hydrogen) atoms. The Morgan fingerprint density at radius 3 is 2.78 bits per heavy atom. The van der Waals surface area contributed by atoms with Crippen LogP contribution in [0, 0.1) is 10.1 Å². The van der Waals surface area contributed by atoms with E-state index in [4.69, 9.17) is 4.74 Å². The summed E-state index contributed by atoms with van der Waals surface area (Å²) in [6, 6.07) is 9.78. The van der Waals surface area contributed by atoms with E-state index in [2.05, 4.69) is 15.9 Å². The van der Waals surface area contributed by atoms with Gasteiger partial charge in [0.25, 0.3) is 11.6 Å². The highest BCUT2D eigenvalue weighted by molar-refractivity contribution is 9.10. The average Bonchev–Trinajstić information content (AvgIpc) is 2.97. The lowest BCUT2D eigenvalue weighted by Gasteiger charge is -2.18. The first-order valence-corrected chi connectivity index (χ1v) is 7.73. The summed E-state index contributed by atoms with van der Waals surface area (Å²) < 4.78 is 5.82. The highest BCUT2D eigenvalue weighted by Crippen LogP contribution is 2.34. The molecule has 0 aliphatic carbocycles. The van der Waals surface area contributed by atoms with Crippen LogP contribution in [0.3, 0.4) is 0 Å². The molecule has 0 aromatic heterocycles. The van der Waals surface area contributed by atoms with Crippen LogP contribution in [-0.2, 0) is 6.42 Å². The van der Waals surface area contributed by atoms with Crippen molar-refractivity contribution in [3.05, 3.63) is 62.1 Å². The van der Waals surface area contributed by atoms with E-state index in [-0.39, 0.29) is 11.6 Å². The number of amides is 1. The van der Waals surface area contributed by atoms with Crippen LogP contribution in [0.15, 0.2) is 40.9 Å². The zero-order chi connectivity index (χ0) is 16.6. The van der Waals surface area contributed by atoms with E-state index in [1.54, 1.807) is 29.2 Å². The fourth-order valence-corrected chi connectivity index (χ4v) is 3.05. The van der Waals surface area contributed by atoms with Crippen molar-refractivity contribution in [2.24, 2.45) is 0 Å². The minimum Gasteiger partial charge on any atom is -0.497 e. The number of methoxy groups -OCH3 is 1. The number of nitrogens with zero attached hydrogens (tertiary/aromatic N) is 2. The molecule has 118 valence electrons.